The zero-order valence-electron chi connectivity index (χ0n) is 11.3. The lowest BCUT2D eigenvalue weighted by Gasteiger charge is -2.49. The van der Waals surface area contributed by atoms with E-state index in [0.29, 0.717) is 6.04 Å². The van der Waals surface area contributed by atoms with Crippen molar-refractivity contribution in [1.29, 1.82) is 5.26 Å². The first-order chi connectivity index (χ1) is 9.17. The molecule has 4 rings (SSSR count). The average molecular weight is 262 g/mol. The molecule has 0 radical (unpaired) electrons. The van der Waals surface area contributed by atoms with Gasteiger partial charge in [0.2, 0.25) is 0 Å². The molecule has 0 spiro atoms. The van der Waals surface area contributed by atoms with Crippen LogP contribution in [0, 0.1) is 16.7 Å². The third kappa shape index (κ3) is 1.50. The van der Waals surface area contributed by atoms with Crippen LogP contribution in [0.4, 0.5) is 0 Å². The van der Waals surface area contributed by atoms with Gasteiger partial charge in [-0.3, -0.25) is 0 Å². The molecule has 5 unspecified atom stereocenters. The number of hydrogen-bond acceptors (Lipinski definition) is 4. The van der Waals surface area contributed by atoms with Gasteiger partial charge in [-0.1, -0.05) is 0 Å². The topological polar surface area (TPSA) is 56.5 Å². The number of fused-ring (bicyclic) bond motifs is 3. The molecule has 0 aliphatic carbocycles. The van der Waals surface area contributed by atoms with Crippen molar-refractivity contribution < 1.29 is 9.84 Å². The summed E-state index contributed by atoms with van der Waals surface area (Å²) < 4.78 is 5.91. The number of nitrogens with zero attached hydrogens (tertiary/aromatic N) is 2. The molecule has 0 aromatic heterocycles. The molecule has 104 valence electrons. The van der Waals surface area contributed by atoms with Crippen molar-refractivity contribution in [3.8, 4) is 6.07 Å². The Labute approximate surface area is 114 Å². The van der Waals surface area contributed by atoms with Gasteiger partial charge in [-0.25, -0.2) is 0 Å². The summed E-state index contributed by atoms with van der Waals surface area (Å²) in [7, 11) is 0. The van der Waals surface area contributed by atoms with Crippen molar-refractivity contribution in [2.24, 2.45) is 5.41 Å². The fourth-order valence-electron chi connectivity index (χ4n) is 5.07. The van der Waals surface area contributed by atoms with E-state index in [1.54, 1.807) is 0 Å². The maximum absolute atomic E-state index is 11.3. The monoisotopic (exact) mass is 262 g/mol. The number of rotatable bonds is 1. The van der Waals surface area contributed by atoms with Gasteiger partial charge in [0.25, 0.3) is 0 Å². The van der Waals surface area contributed by atoms with Gasteiger partial charge in [0.15, 0.2) is 0 Å². The van der Waals surface area contributed by atoms with Crippen LogP contribution in [0.1, 0.15) is 44.9 Å². The molecular formula is C15H22N2O2. The van der Waals surface area contributed by atoms with Crippen molar-refractivity contribution in [3.63, 3.8) is 0 Å². The van der Waals surface area contributed by atoms with Gasteiger partial charge in [-0.2, -0.15) is 5.26 Å². The van der Waals surface area contributed by atoms with E-state index in [1.165, 1.54) is 19.4 Å². The highest BCUT2D eigenvalue weighted by Gasteiger charge is 2.64. The Bertz CT molecular complexity index is 434. The van der Waals surface area contributed by atoms with Gasteiger partial charge in [0, 0.05) is 12.6 Å². The summed E-state index contributed by atoms with van der Waals surface area (Å²) in [5.74, 6) is 0. The third-order valence-corrected chi connectivity index (χ3v) is 6.12. The first-order valence-corrected chi connectivity index (χ1v) is 7.70. The van der Waals surface area contributed by atoms with E-state index in [-0.39, 0.29) is 12.2 Å². The standard InChI is InChI=1S/C15H22N2O2/c16-10-14(9-12-3-4-13(14)19-12)15(18)5-7-17-6-1-2-11(17)8-15/h11-13,18H,1-9H2. The molecule has 4 heterocycles. The van der Waals surface area contributed by atoms with Gasteiger partial charge in [0.05, 0.1) is 23.9 Å². The highest BCUT2D eigenvalue weighted by molar-refractivity contribution is 5.22. The lowest BCUT2D eigenvalue weighted by atomic mass is 9.60. The number of ether oxygens (including phenoxy) is 1. The Morgan fingerprint density at radius 3 is 2.79 bits per heavy atom. The molecule has 4 fully saturated rings. The van der Waals surface area contributed by atoms with E-state index in [0.717, 1.165) is 38.6 Å². The van der Waals surface area contributed by atoms with E-state index in [9.17, 15) is 10.4 Å². The van der Waals surface area contributed by atoms with Crippen LogP contribution in [0.5, 0.6) is 0 Å². The summed E-state index contributed by atoms with van der Waals surface area (Å²) in [4.78, 5) is 2.49. The molecule has 2 bridgehead atoms. The molecule has 4 heteroatoms. The van der Waals surface area contributed by atoms with Crippen LogP contribution in [-0.4, -0.2) is 46.9 Å². The molecule has 0 amide bonds. The van der Waals surface area contributed by atoms with Crippen LogP contribution in [0.3, 0.4) is 0 Å². The van der Waals surface area contributed by atoms with Crippen LogP contribution in [0.15, 0.2) is 0 Å². The maximum atomic E-state index is 11.3. The van der Waals surface area contributed by atoms with Crippen LogP contribution in [0.25, 0.3) is 0 Å². The number of nitriles is 1. The summed E-state index contributed by atoms with van der Waals surface area (Å²) in [6, 6.07) is 2.99. The van der Waals surface area contributed by atoms with Crippen LogP contribution in [0.2, 0.25) is 0 Å². The summed E-state index contributed by atoms with van der Waals surface area (Å²) in [5.41, 5.74) is -1.46. The lowest BCUT2D eigenvalue weighted by molar-refractivity contribution is -0.127. The van der Waals surface area contributed by atoms with Crippen molar-refractivity contribution in [2.45, 2.75) is 68.8 Å². The predicted molar refractivity (Wildman–Crippen MR) is 69.3 cm³/mol. The van der Waals surface area contributed by atoms with Gasteiger partial charge >= 0.3 is 0 Å². The zero-order valence-corrected chi connectivity index (χ0v) is 11.3. The Hall–Kier alpha value is -0.630. The van der Waals surface area contributed by atoms with Gasteiger partial charge in [0.1, 0.15) is 5.41 Å². The van der Waals surface area contributed by atoms with E-state index < -0.39 is 11.0 Å². The van der Waals surface area contributed by atoms with Gasteiger partial charge < -0.3 is 14.7 Å². The molecule has 4 aliphatic rings. The maximum Gasteiger partial charge on any atom is 0.115 e. The van der Waals surface area contributed by atoms with Gasteiger partial charge in [-0.15, -0.1) is 0 Å². The second-order valence-electron chi connectivity index (χ2n) is 6.93. The van der Waals surface area contributed by atoms with Crippen molar-refractivity contribution in [3.05, 3.63) is 0 Å². The Balaban J connectivity index is 1.65. The summed E-state index contributed by atoms with van der Waals surface area (Å²) >= 11 is 0. The SMILES string of the molecule is N#CC1(C2(O)CCN3CCCC3C2)CC2CCC1O2. The van der Waals surface area contributed by atoms with Crippen LogP contribution >= 0.6 is 0 Å². The number of aliphatic hydroxyl groups is 1. The summed E-state index contributed by atoms with van der Waals surface area (Å²) in [6.07, 6.45) is 6.89. The lowest BCUT2D eigenvalue weighted by Crippen LogP contribution is -2.59. The predicted octanol–water partition coefficient (Wildman–Crippen LogP) is 1.44. The third-order valence-electron chi connectivity index (χ3n) is 6.12. The van der Waals surface area contributed by atoms with E-state index in [1.807, 2.05) is 0 Å². The zero-order chi connectivity index (χ0) is 13.1. The number of piperidine rings is 1. The summed E-state index contributed by atoms with van der Waals surface area (Å²) in [6.45, 7) is 2.12. The highest BCUT2D eigenvalue weighted by Crippen LogP contribution is 2.57. The smallest absolute Gasteiger partial charge is 0.115 e. The van der Waals surface area contributed by atoms with Crippen LogP contribution in [-0.2, 0) is 4.74 Å². The fourth-order valence-corrected chi connectivity index (χ4v) is 5.07. The second kappa shape index (κ2) is 3.94. The molecular weight excluding hydrogens is 240 g/mol. The molecule has 0 aromatic carbocycles. The minimum absolute atomic E-state index is 0.0274. The van der Waals surface area contributed by atoms with Crippen molar-refractivity contribution in [1.82, 2.24) is 4.90 Å². The van der Waals surface area contributed by atoms with E-state index in [4.69, 9.17) is 4.74 Å². The Kier molecular flexibility index (Phi) is 2.52. The molecule has 0 saturated carbocycles. The highest BCUT2D eigenvalue weighted by atomic mass is 16.5. The minimum atomic E-state index is -0.826. The Morgan fingerprint density at radius 1 is 1.21 bits per heavy atom. The van der Waals surface area contributed by atoms with Crippen molar-refractivity contribution >= 4 is 0 Å². The molecule has 0 aromatic rings. The van der Waals surface area contributed by atoms with E-state index >= 15 is 0 Å². The van der Waals surface area contributed by atoms with E-state index in [2.05, 4.69) is 11.0 Å². The molecule has 4 nitrogen and oxygen atoms in total. The second-order valence-corrected chi connectivity index (χ2v) is 6.93. The molecule has 4 aliphatic heterocycles. The summed E-state index contributed by atoms with van der Waals surface area (Å²) in [5, 5.41) is 21.1. The largest absolute Gasteiger partial charge is 0.388 e. The fraction of sp³-hybridized carbons (Fsp3) is 0.933. The number of hydrogen-bond donors (Lipinski definition) is 1. The first kappa shape index (κ1) is 12.1. The Morgan fingerprint density at radius 2 is 2.11 bits per heavy atom. The molecule has 19 heavy (non-hydrogen) atoms. The quantitative estimate of drug-likeness (QED) is 0.777. The molecule has 5 atom stereocenters. The first-order valence-electron chi connectivity index (χ1n) is 7.70. The molecule has 4 saturated heterocycles. The minimum Gasteiger partial charge on any atom is -0.388 e. The van der Waals surface area contributed by atoms with Crippen LogP contribution < -0.4 is 0 Å². The van der Waals surface area contributed by atoms with Crippen molar-refractivity contribution in [2.75, 3.05) is 13.1 Å². The normalized spacial score (nSPS) is 53.2. The molecule has 1 N–H and O–H groups in total. The van der Waals surface area contributed by atoms with Gasteiger partial charge in [-0.05, 0) is 51.5 Å². The average Bonchev–Trinajstić information content (AvgIpc) is 3.12.